The maximum Gasteiger partial charge on any atom is 0.241 e. The molecule has 3 rings (SSSR count). The Hall–Kier alpha value is -2.57. The Kier molecular flexibility index (Phi) is 4.45. The van der Waals surface area contributed by atoms with Crippen LogP contribution in [-0.2, 0) is 11.2 Å². The van der Waals surface area contributed by atoms with E-state index in [9.17, 15) is 9.18 Å². The number of nitrogens with one attached hydrogen (secondary N) is 1. The van der Waals surface area contributed by atoms with Crippen molar-refractivity contribution in [2.75, 3.05) is 25.0 Å². The minimum atomic E-state index is -0.389. The van der Waals surface area contributed by atoms with Crippen molar-refractivity contribution in [1.29, 1.82) is 0 Å². The maximum absolute atomic E-state index is 13.0. The third-order valence-electron chi connectivity index (χ3n) is 3.88. The van der Waals surface area contributed by atoms with Gasteiger partial charge in [0.15, 0.2) is 0 Å². The molecule has 0 aromatic carbocycles. The number of aromatic nitrogens is 3. The van der Waals surface area contributed by atoms with Crippen molar-refractivity contribution in [3.05, 3.63) is 36.0 Å². The molecule has 0 radical (unpaired) electrons. The normalized spacial score (nSPS) is 13.6. The van der Waals surface area contributed by atoms with E-state index in [1.165, 1.54) is 12.4 Å². The fraction of sp³-hybridized carbons (Fsp3) is 0.375. The number of carbonyl (C=O) groups excluding carboxylic acids is 1. The number of halogens is 1. The Morgan fingerprint density at radius 3 is 2.74 bits per heavy atom. The van der Waals surface area contributed by atoms with Crippen molar-refractivity contribution in [3.8, 4) is 11.4 Å². The van der Waals surface area contributed by atoms with Crippen molar-refractivity contribution in [3.63, 3.8) is 0 Å². The minimum absolute atomic E-state index is 0.0679. The summed E-state index contributed by atoms with van der Waals surface area (Å²) in [6, 6.07) is 2.94. The molecule has 1 fully saturated rings. The van der Waals surface area contributed by atoms with Crippen LogP contribution in [0.25, 0.3) is 11.4 Å². The monoisotopic (exact) mass is 315 g/mol. The van der Waals surface area contributed by atoms with E-state index in [0.717, 1.165) is 31.3 Å². The molecule has 1 saturated heterocycles. The van der Waals surface area contributed by atoms with Gasteiger partial charge in [-0.3, -0.25) is 9.78 Å². The van der Waals surface area contributed by atoms with Crippen LogP contribution in [0.5, 0.6) is 0 Å². The molecule has 2 aromatic heterocycles. The summed E-state index contributed by atoms with van der Waals surface area (Å²) in [6.45, 7) is 3.85. The van der Waals surface area contributed by atoms with Crippen LogP contribution in [0, 0.1) is 5.82 Å². The van der Waals surface area contributed by atoms with Crippen LogP contribution in [0.3, 0.4) is 0 Å². The zero-order valence-corrected chi connectivity index (χ0v) is 12.9. The highest BCUT2D eigenvalue weighted by Crippen LogP contribution is 2.24. The highest BCUT2D eigenvalue weighted by atomic mass is 19.1. The predicted molar refractivity (Wildman–Crippen MR) is 84.3 cm³/mol. The van der Waals surface area contributed by atoms with Gasteiger partial charge in [0, 0.05) is 18.7 Å². The Morgan fingerprint density at radius 2 is 2.13 bits per heavy atom. The van der Waals surface area contributed by atoms with Gasteiger partial charge in [-0.2, -0.15) is 0 Å². The second-order valence-electron chi connectivity index (χ2n) is 5.35. The van der Waals surface area contributed by atoms with Gasteiger partial charge >= 0.3 is 0 Å². The molecule has 0 aliphatic carbocycles. The molecule has 7 heteroatoms. The van der Waals surface area contributed by atoms with E-state index >= 15 is 0 Å². The van der Waals surface area contributed by atoms with Crippen LogP contribution in [0.1, 0.15) is 18.9 Å². The summed E-state index contributed by atoms with van der Waals surface area (Å²) in [5.41, 5.74) is 2.10. The van der Waals surface area contributed by atoms with Crippen LogP contribution < -0.4 is 5.32 Å². The maximum atomic E-state index is 13.0. The highest BCUT2D eigenvalue weighted by molar-refractivity contribution is 5.81. The number of hydrogen-bond acceptors (Lipinski definition) is 5. The molecular weight excluding hydrogens is 297 g/mol. The quantitative estimate of drug-likeness (QED) is 0.912. The Bertz CT molecular complexity index is 700. The number of pyridine rings is 1. The molecule has 0 spiro atoms. The number of nitrogens with zero attached hydrogens (tertiary/aromatic N) is 4. The third-order valence-corrected chi connectivity index (χ3v) is 3.88. The van der Waals surface area contributed by atoms with Crippen LogP contribution in [-0.4, -0.2) is 45.4 Å². The van der Waals surface area contributed by atoms with Crippen molar-refractivity contribution in [1.82, 2.24) is 19.9 Å². The summed E-state index contributed by atoms with van der Waals surface area (Å²) in [5.74, 6) is 0.301. The first-order valence-electron chi connectivity index (χ1n) is 7.66. The third kappa shape index (κ3) is 3.28. The van der Waals surface area contributed by atoms with E-state index in [1.54, 1.807) is 6.07 Å². The standard InChI is InChI=1S/C16H18FN5O/c1-2-12-15(13-5-4-11(17)8-18-13)20-10-21-16(12)19-9-14(23)22-6-3-7-22/h4-5,8,10H,2-3,6-7,9H2,1H3,(H,19,20,21). The summed E-state index contributed by atoms with van der Waals surface area (Å²) in [7, 11) is 0. The van der Waals surface area contributed by atoms with Crippen LogP contribution in [0.4, 0.5) is 10.2 Å². The van der Waals surface area contributed by atoms with Crippen LogP contribution in [0.2, 0.25) is 0 Å². The van der Waals surface area contributed by atoms with E-state index in [4.69, 9.17) is 0 Å². The SMILES string of the molecule is CCc1c(NCC(=O)N2CCC2)ncnc1-c1ccc(F)cn1. The summed E-state index contributed by atoms with van der Waals surface area (Å²) in [6.07, 6.45) is 4.34. The van der Waals surface area contributed by atoms with Gasteiger partial charge < -0.3 is 10.2 Å². The molecule has 23 heavy (non-hydrogen) atoms. The van der Waals surface area contributed by atoms with E-state index < -0.39 is 0 Å². The van der Waals surface area contributed by atoms with Gasteiger partial charge in [0.1, 0.15) is 18.0 Å². The van der Waals surface area contributed by atoms with E-state index in [1.807, 2.05) is 11.8 Å². The Balaban J connectivity index is 1.81. The van der Waals surface area contributed by atoms with Gasteiger partial charge in [0.25, 0.3) is 0 Å². The van der Waals surface area contributed by atoms with Crippen molar-refractivity contribution >= 4 is 11.7 Å². The first-order valence-corrected chi connectivity index (χ1v) is 7.66. The molecule has 1 aliphatic heterocycles. The predicted octanol–water partition coefficient (Wildman–Crippen LogP) is 1.88. The lowest BCUT2D eigenvalue weighted by Gasteiger charge is -2.31. The lowest BCUT2D eigenvalue weighted by atomic mass is 10.1. The number of carbonyl (C=O) groups is 1. The number of hydrogen-bond donors (Lipinski definition) is 1. The zero-order valence-electron chi connectivity index (χ0n) is 12.9. The second kappa shape index (κ2) is 6.68. The van der Waals surface area contributed by atoms with E-state index in [0.29, 0.717) is 23.6 Å². The average Bonchev–Trinajstić information content (AvgIpc) is 2.51. The van der Waals surface area contributed by atoms with Crippen molar-refractivity contribution < 1.29 is 9.18 Å². The fourth-order valence-electron chi connectivity index (χ4n) is 2.47. The molecular formula is C16H18FN5O. The molecule has 1 N–H and O–H groups in total. The molecule has 6 nitrogen and oxygen atoms in total. The topological polar surface area (TPSA) is 71.0 Å². The smallest absolute Gasteiger partial charge is 0.241 e. The first kappa shape index (κ1) is 15.3. The van der Waals surface area contributed by atoms with Crippen LogP contribution >= 0.6 is 0 Å². The van der Waals surface area contributed by atoms with Gasteiger partial charge in [-0.1, -0.05) is 6.92 Å². The molecule has 1 aliphatic rings. The fourth-order valence-corrected chi connectivity index (χ4v) is 2.47. The summed E-state index contributed by atoms with van der Waals surface area (Å²) in [4.78, 5) is 26.3. The molecule has 0 bridgehead atoms. The molecule has 3 heterocycles. The zero-order chi connectivity index (χ0) is 16.2. The van der Waals surface area contributed by atoms with Gasteiger partial charge in [0.05, 0.1) is 24.1 Å². The number of anilines is 1. The van der Waals surface area contributed by atoms with E-state index in [-0.39, 0.29) is 18.3 Å². The lowest BCUT2D eigenvalue weighted by Crippen LogP contribution is -2.44. The largest absolute Gasteiger partial charge is 0.361 e. The Labute approximate surface area is 133 Å². The molecule has 0 saturated carbocycles. The van der Waals surface area contributed by atoms with Gasteiger partial charge in [-0.25, -0.2) is 14.4 Å². The molecule has 1 amide bonds. The van der Waals surface area contributed by atoms with Gasteiger partial charge in [-0.15, -0.1) is 0 Å². The Morgan fingerprint density at radius 1 is 1.30 bits per heavy atom. The molecule has 0 atom stereocenters. The first-order chi connectivity index (χ1) is 11.2. The molecule has 120 valence electrons. The number of rotatable bonds is 5. The summed E-state index contributed by atoms with van der Waals surface area (Å²) in [5, 5.41) is 3.09. The summed E-state index contributed by atoms with van der Waals surface area (Å²) >= 11 is 0. The average molecular weight is 315 g/mol. The minimum Gasteiger partial charge on any atom is -0.361 e. The van der Waals surface area contributed by atoms with Crippen molar-refractivity contribution in [2.24, 2.45) is 0 Å². The van der Waals surface area contributed by atoms with Gasteiger partial charge in [0.2, 0.25) is 5.91 Å². The lowest BCUT2D eigenvalue weighted by molar-refractivity contribution is -0.132. The van der Waals surface area contributed by atoms with Crippen molar-refractivity contribution in [2.45, 2.75) is 19.8 Å². The number of likely N-dealkylation sites (tertiary alicyclic amines) is 1. The van der Waals surface area contributed by atoms with Gasteiger partial charge in [-0.05, 0) is 25.0 Å². The van der Waals surface area contributed by atoms with Crippen LogP contribution in [0.15, 0.2) is 24.7 Å². The number of amides is 1. The molecule has 0 unspecified atom stereocenters. The molecule has 2 aromatic rings. The highest BCUT2D eigenvalue weighted by Gasteiger charge is 2.20. The summed E-state index contributed by atoms with van der Waals surface area (Å²) < 4.78 is 13.0. The van der Waals surface area contributed by atoms with E-state index in [2.05, 4.69) is 20.3 Å². The second-order valence-corrected chi connectivity index (χ2v) is 5.35.